The maximum atomic E-state index is 5.64. The molecule has 0 aliphatic heterocycles. The van der Waals surface area contributed by atoms with Crippen LogP contribution in [-0.4, -0.2) is 7.98 Å². The van der Waals surface area contributed by atoms with Gasteiger partial charge in [-0.25, -0.2) is 0 Å². The zero-order valence-electron chi connectivity index (χ0n) is 5.19. The zero-order chi connectivity index (χ0) is 6.69. The van der Waals surface area contributed by atoms with Crippen molar-refractivity contribution in [1.29, 1.82) is 0 Å². The van der Waals surface area contributed by atoms with Crippen LogP contribution >= 0.6 is 11.6 Å². The standard InChI is InChI=1S/C6H7BClN/c7-9-6-3-1-5(8)2-4-6/h1-4,9H,7H2. The summed E-state index contributed by atoms with van der Waals surface area (Å²) in [7, 11) is 1.88. The highest BCUT2D eigenvalue weighted by molar-refractivity contribution is 6.30. The van der Waals surface area contributed by atoms with Crippen molar-refractivity contribution in [3.05, 3.63) is 29.3 Å². The van der Waals surface area contributed by atoms with Gasteiger partial charge in [-0.3, -0.25) is 0 Å². The van der Waals surface area contributed by atoms with Crippen LogP contribution < -0.4 is 5.23 Å². The van der Waals surface area contributed by atoms with E-state index in [-0.39, 0.29) is 0 Å². The van der Waals surface area contributed by atoms with Crippen LogP contribution in [0.25, 0.3) is 0 Å². The highest BCUT2D eigenvalue weighted by Gasteiger charge is 1.85. The molecule has 0 radical (unpaired) electrons. The van der Waals surface area contributed by atoms with E-state index in [1.54, 1.807) is 0 Å². The van der Waals surface area contributed by atoms with Crippen molar-refractivity contribution >= 4 is 25.3 Å². The molecule has 0 spiro atoms. The lowest BCUT2D eigenvalue weighted by Crippen LogP contribution is -1.88. The van der Waals surface area contributed by atoms with Crippen LogP contribution in [0.3, 0.4) is 0 Å². The fourth-order valence-corrected chi connectivity index (χ4v) is 0.743. The van der Waals surface area contributed by atoms with E-state index in [0.717, 1.165) is 10.7 Å². The van der Waals surface area contributed by atoms with Gasteiger partial charge in [0.25, 0.3) is 0 Å². The van der Waals surface area contributed by atoms with Crippen LogP contribution in [-0.2, 0) is 0 Å². The van der Waals surface area contributed by atoms with E-state index in [2.05, 4.69) is 5.23 Å². The molecule has 0 fully saturated rings. The summed E-state index contributed by atoms with van der Waals surface area (Å²) in [6, 6.07) is 7.57. The lowest BCUT2D eigenvalue weighted by atomic mass is 10.3. The van der Waals surface area contributed by atoms with Crippen molar-refractivity contribution in [3.8, 4) is 0 Å². The Balaban J connectivity index is 2.88. The monoisotopic (exact) mass is 139 g/mol. The summed E-state index contributed by atoms with van der Waals surface area (Å²) < 4.78 is 0. The summed E-state index contributed by atoms with van der Waals surface area (Å²) in [4.78, 5) is 0. The third kappa shape index (κ3) is 1.65. The fourth-order valence-electron chi connectivity index (χ4n) is 0.617. The quantitative estimate of drug-likeness (QED) is 0.578. The van der Waals surface area contributed by atoms with Crippen molar-refractivity contribution in [2.45, 2.75) is 0 Å². The zero-order valence-corrected chi connectivity index (χ0v) is 5.94. The second-order valence-corrected chi connectivity index (χ2v) is 2.19. The maximum absolute atomic E-state index is 5.64. The van der Waals surface area contributed by atoms with E-state index in [4.69, 9.17) is 11.6 Å². The lowest BCUT2D eigenvalue weighted by molar-refractivity contribution is 1.68. The molecule has 1 N–H and O–H groups in total. The van der Waals surface area contributed by atoms with Gasteiger partial charge in [-0.15, -0.1) is 0 Å². The molecule has 0 unspecified atom stereocenters. The SMILES string of the molecule is BNc1ccc(Cl)cc1. The Bertz CT molecular complexity index is 185. The number of rotatable bonds is 1. The van der Waals surface area contributed by atoms with Gasteiger partial charge in [0.1, 0.15) is 0 Å². The van der Waals surface area contributed by atoms with E-state index in [1.165, 1.54) is 0 Å². The van der Waals surface area contributed by atoms with E-state index in [9.17, 15) is 0 Å². The predicted octanol–water partition coefficient (Wildman–Crippen LogP) is 1.30. The third-order valence-corrected chi connectivity index (χ3v) is 1.38. The van der Waals surface area contributed by atoms with Crippen LogP contribution in [0.2, 0.25) is 5.02 Å². The first kappa shape index (κ1) is 6.49. The summed E-state index contributed by atoms with van der Waals surface area (Å²) in [5, 5.41) is 3.77. The molecule has 0 aromatic heterocycles. The minimum absolute atomic E-state index is 0.772. The molecule has 0 aliphatic rings. The molecule has 0 aliphatic carbocycles. The van der Waals surface area contributed by atoms with Gasteiger partial charge in [0.15, 0.2) is 0 Å². The van der Waals surface area contributed by atoms with Crippen molar-refractivity contribution in [2.75, 3.05) is 5.23 Å². The molecule has 0 bridgehead atoms. The summed E-state index contributed by atoms with van der Waals surface area (Å²) in [6.45, 7) is 0. The van der Waals surface area contributed by atoms with E-state index >= 15 is 0 Å². The molecule has 1 rings (SSSR count). The topological polar surface area (TPSA) is 12.0 Å². The Hall–Kier alpha value is -0.625. The molecule has 46 valence electrons. The lowest BCUT2D eigenvalue weighted by Gasteiger charge is -1.96. The van der Waals surface area contributed by atoms with Crippen molar-refractivity contribution in [3.63, 3.8) is 0 Å². The number of hydrogen-bond acceptors (Lipinski definition) is 1. The highest BCUT2D eigenvalue weighted by Crippen LogP contribution is 2.11. The van der Waals surface area contributed by atoms with Crippen LogP contribution in [0.5, 0.6) is 0 Å². The van der Waals surface area contributed by atoms with Crippen molar-refractivity contribution in [1.82, 2.24) is 0 Å². The third-order valence-electron chi connectivity index (χ3n) is 1.13. The van der Waals surface area contributed by atoms with Crippen LogP contribution in [0.4, 0.5) is 5.69 Å². The molecule has 3 heteroatoms. The molecule has 1 aromatic carbocycles. The van der Waals surface area contributed by atoms with Crippen LogP contribution in [0, 0.1) is 0 Å². The first-order chi connectivity index (χ1) is 4.33. The van der Waals surface area contributed by atoms with E-state index in [0.29, 0.717) is 0 Å². The number of hydrogen-bond donors (Lipinski definition) is 1. The first-order valence-electron chi connectivity index (χ1n) is 2.76. The van der Waals surface area contributed by atoms with Gasteiger partial charge in [-0.2, -0.15) is 0 Å². The van der Waals surface area contributed by atoms with E-state index in [1.807, 2.05) is 32.2 Å². The summed E-state index contributed by atoms with van der Waals surface area (Å²) in [5.74, 6) is 0. The molecule has 0 saturated carbocycles. The van der Waals surface area contributed by atoms with Gasteiger partial charge < -0.3 is 5.23 Å². The largest absolute Gasteiger partial charge is 0.434 e. The average molecular weight is 139 g/mol. The molecule has 0 heterocycles. The van der Waals surface area contributed by atoms with Gasteiger partial charge in [-0.05, 0) is 24.3 Å². The molecular weight excluding hydrogens is 132 g/mol. The number of benzene rings is 1. The Morgan fingerprint density at radius 2 is 1.78 bits per heavy atom. The van der Waals surface area contributed by atoms with Gasteiger partial charge >= 0.3 is 0 Å². The molecule has 0 saturated heterocycles. The minimum Gasteiger partial charge on any atom is -0.434 e. The number of anilines is 1. The smallest absolute Gasteiger partial charge is 0.213 e. The fraction of sp³-hybridized carbons (Fsp3) is 0. The van der Waals surface area contributed by atoms with Gasteiger partial charge in [0, 0.05) is 10.7 Å². The Morgan fingerprint density at radius 1 is 1.22 bits per heavy atom. The molecule has 0 atom stereocenters. The maximum Gasteiger partial charge on any atom is 0.213 e. The molecule has 9 heavy (non-hydrogen) atoms. The van der Waals surface area contributed by atoms with Gasteiger partial charge in [0.05, 0.1) is 0 Å². The van der Waals surface area contributed by atoms with Crippen LogP contribution in [0.15, 0.2) is 24.3 Å². The number of halogens is 1. The Morgan fingerprint density at radius 3 is 2.22 bits per heavy atom. The second kappa shape index (κ2) is 2.78. The normalized spacial score (nSPS) is 9.00. The van der Waals surface area contributed by atoms with Crippen LogP contribution in [0.1, 0.15) is 0 Å². The molecule has 1 nitrogen and oxygen atoms in total. The first-order valence-corrected chi connectivity index (χ1v) is 3.14. The summed E-state index contributed by atoms with van der Waals surface area (Å²) in [6.07, 6.45) is 0. The van der Waals surface area contributed by atoms with Crippen molar-refractivity contribution in [2.24, 2.45) is 0 Å². The summed E-state index contributed by atoms with van der Waals surface area (Å²) >= 11 is 5.64. The predicted molar refractivity (Wildman–Crippen MR) is 43.6 cm³/mol. The highest BCUT2D eigenvalue weighted by atomic mass is 35.5. The molecule has 0 amide bonds. The average Bonchev–Trinajstić information content (AvgIpc) is 1.90. The van der Waals surface area contributed by atoms with Crippen molar-refractivity contribution < 1.29 is 0 Å². The Kier molecular flexibility index (Phi) is 2.01. The second-order valence-electron chi connectivity index (χ2n) is 1.76. The van der Waals surface area contributed by atoms with Gasteiger partial charge in [-0.1, -0.05) is 11.6 Å². The molecule has 1 aromatic rings. The van der Waals surface area contributed by atoms with E-state index < -0.39 is 0 Å². The Labute approximate surface area is 60.5 Å². The molecular formula is C6H7BClN. The minimum atomic E-state index is 0.772. The summed E-state index contributed by atoms with van der Waals surface area (Å²) in [5.41, 5.74) is 1.08. The number of nitrogens with one attached hydrogen (secondary N) is 1. The van der Waals surface area contributed by atoms with Gasteiger partial charge in [0.2, 0.25) is 7.98 Å².